The highest BCUT2D eigenvalue weighted by molar-refractivity contribution is 6.31. The number of rotatable bonds is 3. The summed E-state index contributed by atoms with van der Waals surface area (Å²) in [5, 5.41) is 0.543. The predicted octanol–water partition coefficient (Wildman–Crippen LogP) is 2.43. The lowest BCUT2D eigenvalue weighted by atomic mass is 10.1. The minimum atomic E-state index is -0.279. The van der Waals surface area contributed by atoms with Gasteiger partial charge in [-0.2, -0.15) is 0 Å². The van der Waals surface area contributed by atoms with Crippen molar-refractivity contribution in [2.24, 2.45) is 0 Å². The number of hydrogen-bond donors (Lipinski definition) is 0. The van der Waals surface area contributed by atoms with Crippen LogP contribution >= 0.6 is 11.6 Å². The molecule has 0 aromatic heterocycles. The van der Waals surface area contributed by atoms with E-state index in [4.69, 9.17) is 16.3 Å². The minimum Gasteiger partial charge on any atom is -0.450 e. The van der Waals surface area contributed by atoms with E-state index in [0.29, 0.717) is 43.4 Å². The molecule has 1 heterocycles. The van der Waals surface area contributed by atoms with Crippen molar-refractivity contribution in [3.63, 3.8) is 0 Å². The number of carbonyl (C=O) groups is 2. The molecule has 108 valence electrons. The van der Waals surface area contributed by atoms with E-state index in [0.717, 1.165) is 12.0 Å². The van der Waals surface area contributed by atoms with E-state index in [1.54, 1.807) is 24.0 Å². The number of benzene rings is 1. The largest absolute Gasteiger partial charge is 0.450 e. The normalized spacial score (nSPS) is 15.1. The molecule has 0 atom stereocenters. The highest BCUT2D eigenvalue weighted by Gasteiger charge is 2.23. The summed E-state index contributed by atoms with van der Waals surface area (Å²) in [7, 11) is 0. The van der Waals surface area contributed by atoms with E-state index in [9.17, 15) is 9.59 Å². The molecule has 1 amide bonds. The van der Waals surface area contributed by atoms with Gasteiger partial charge in [-0.1, -0.05) is 11.6 Å². The first-order valence-corrected chi connectivity index (χ1v) is 6.95. The van der Waals surface area contributed by atoms with Crippen LogP contribution in [0.15, 0.2) is 18.2 Å². The molecule has 0 N–H and O–H groups in total. The van der Waals surface area contributed by atoms with Crippen LogP contribution in [0.25, 0.3) is 0 Å². The summed E-state index contributed by atoms with van der Waals surface area (Å²) in [5.41, 5.74) is 1.43. The molecular weight excluding hydrogens is 280 g/mol. The summed E-state index contributed by atoms with van der Waals surface area (Å²) < 4.78 is 4.98. The van der Waals surface area contributed by atoms with E-state index < -0.39 is 0 Å². The Morgan fingerprint density at radius 1 is 1.35 bits per heavy atom. The molecule has 5 nitrogen and oxygen atoms in total. The lowest BCUT2D eigenvalue weighted by Gasteiger charge is -2.36. The Hall–Kier alpha value is -1.75. The van der Waals surface area contributed by atoms with Crippen LogP contribution in [-0.2, 0) is 4.74 Å². The van der Waals surface area contributed by atoms with E-state index >= 15 is 0 Å². The molecule has 0 bridgehead atoms. The summed E-state index contributed by atoms with van der Waals surface area (Å²) in [6.45, 7) is 4.67. The fourth-order valence-electron chi connectivity index (χ4n) is 2.25. The molecule has 0 radical (unpaired) electrons. The van der Waals surface area contributed by atoms with Gasteiger partial charge < -0.3 is 14.5 Å². The molecule has 0 aliphatic carbocycles. The second-order valence-electron chi connectivity index (χ2n) is 4.49. The molecule has 0 unspecified atom stereocenters. The first kappa shape index (κ1) is 14.7. The van der Waals surface area contributed by atoms with Crippen molar-refractivity contribution >= 4 is 29.7 Å². The third-order valence-corrected chi connectivity index (χ3v) is 3.50. The fraction of sp³-hybridized carbons (Fsp3) is 0.429. The average molecular weight is 297 g/mol. The van der Waals surface area contributed by atoms with E-state index in [-0.39, 0.29) is 6.09 Å². The van der Waals surface area contributed by atoms with Crippen LogP contribution < -0.4 is 4.90 Å². The Morgan fingerprint density at radius 2 is 2.05 bits per heavy atom. The van der Waals surface area contributed by atoms with Gasteiger partial charge in [0.1, 0.15) is 0 Å². The molecule has 1 fully saturated rings. The molecule has 0 saturated carbocycles. The predicted molar refractivity (Wildman–Crippen MR) is 77.6 cm³/mol. The van der Waals surface area contributed by atoms with Gasteiger partial charge in [0.15, 0.2) is 6.29 Å². The summed E-state index contributed by atoms with van der Waals surface area (Å²) in [4.78, 5) is 26.5. The topological polar surface area (TPSA) is 49.9 Å². The fourth-order valence-corrected chi connectivity index (χ4v) is 2.43. The number of nitrogens with zero attached hydrogens (tertiary/aromatic N) is 2. The third kappa shape index (κ3) is 3.22. The Bertz CT molecular complexity index is 499. The summed E-state index contributed by atoms with van der Waals surface area (Å²) >= 11 is 5.89. The molecule has 2 rings (SSSR count). The van der Waals surface area contributed by atoms with Gasteiger partial charge in [-0.25, -0.2) is 4.79 Å². The summed E-state index contributed by atoms with van der Waals surface area (Å²) in [6.07, 6.45) is 0.526. The second-order valence-corrected chi connectivity index (χ2v) is 4.93. The van der Waals surface area contributed by atoms with Crippen LogP contribution in [0.5, 0.6) is 0 Å². The zero-order valence-electron chi connectivity index (χ0n) is 11.3. The number of ether oxygens (including phenoxy) is 1. The molecule has 0 spiro atoms. The smallest absolute Gasteiger partial charge is 0.409 e. The maximum absolute atomic E-state index is 11.6. The van der Waals surface area contributed by atoms with Crippen LogP contribution in [-0.4, -0.2) is 50.1 Å². The van der Waals surface area contributed by atoms with Gasteiger partial charge in [-0.15, -0.1) is 0 Å². The van der Waals surface area contributed by atoms with E-state index in [1.165, 1.54) is 0 Å². The van der Waals surface area contributed by atoms with Crippen molar-refractivity contribution in [3.05, 3.63) is 28.8 Å². The number of amides is 1. The number of halogens is 1. The van der Waals surface area contributed by atoms with Crippen LogP contribution in [0.4, 0.5) is 10.5 Å². The number of anilines is 1. The number of aldehydes is 1. The summed E-state index contributed by atoms with van der Waals surface area (Å²) in [6, 6.07) is 5.26. The molecule has 1 aromatic carbocycles. The van der Waals surface area contributed by atoms with Crippen LogP contribution in [0.3, 0.4) is 0 Å². The molecule has 20 heavy (non-hydrogen) atoms. The van der Waals surface area contributed by atoms with Gasteiger partial charge in [-0.05, 0) is 25.1 Å². The quantitative estimate of drug-likeness (QED) is 0.804. The molecule has 1 saturated heterocycles. The zero-order valence-corrected chi connectivity index (χ0v) is 12.1. The van der Waals surface area contributed by atoms with Crippen molar-refractivity contribution in [2.45, 2.75) is 6.92 Å². The lowest BCUT2D eigenvalue weighted by Crippen LogP contribution is -2.49. The Kier molecular flexibility index (Phi) is 4.84. The van der Waals surface area contributed by atoms with Gasteiger partial charge in [0.2, 0.25) is 0 Å². The van der Waals surface area contributed by atoms with Gasteiger partial charge in [0.25, 0.3) is 0 Å². The highest BCUT2D eigenvalue weighted by Crippen LogP contribution is 2.24. The standard InChI is InChI=1S/C14H17ClN2O3/c1-2-20-14(19)17-7-5-16(6-8-17)13-4-3-12(15)9-11(13)10-18/h3-4,9-10H,2,5-8H2,1H3. The summed E-state index contributed by atoms with van der Waals surface area (Å²) in [5.74, 6) is 0. The first-order valence-electron chi connectivity index (χ1n) is 6.57. The molecule has 1 aliphatic heterocycles. The zero-order chi connectivity index (χ0) is 14.5. The van der Waals surface area contributed by atoms with E-state index in [1.807, 2.05) is 6.07 Å². The van der Waals surface area contributed by atoms with Crippen LogP contribution in [0.2, 0.25) is 5.02 Å². The third-order valence-electron chi connectivity index (χ3n) is 3.26. The molecular formula is C14H17ClN2O3. The van der Waals surface area contributed by atoms with Crippen molar-refractivity contribution in [1.29, 1.82) is 0 Å². The average Bonchev–Trinajstić information content (AvgIpc) is 2.47. The highest BCUT2D eigenvalue weighted by atomic mass is 35.5. The monoisotopic (exact) mass is 296 g/mol. The number of piperazine rings is 1. The van der Waals surface area contributed by atoms with Crippen molar-refractivity contribution in [1.82, 2.24) is 4.90 Å². The van der Waals surface area contributed by atoms with Crippen LogP contribution in [0.1, 0.15) is 17.3 Å². The molecule has 6 heteroatoms. The Balaban J connectivity index is 2.04. The SMILES string of the molecule is CCOC(=O)N1CCN(c2ccc(Cl)cc2C=O)CC1. The molecule has 1 aromatic rings. The second kappa shape index (κ2) is 6.61. The van der Waals surface area contributed by atoms with Gasteiger partial charge in [0, 0.05) is 42.5 Å². The first-order chi connectivity index (χ1) is 9.65. The van der Waals surface area contributed by atoms with Gasteiger partial charge >= 0.3 is 6.09 Å². The van der Waals surface area contributed by atoms with Gasteiger partial charge in [-0.3, -0.25) is 4.79 Å². The molecule has 1 aliphatic rings. The van der Waals surface area contributed by atoms with Crippen molar-refractivity contribution < 1.29 is 14.3 Å². The van der Waals surface area contributed by atoms with Crippen molar-refractivity contribution in [3.8, 4) is 0 Å². The Morgan fingerprint density at radius 3 is 2.65 bits per heavy atom. The van der Waals surface area contributed by atoms with E-state index in [2.05, 4.69) is 4.90 Å². The number of hydrogen-bond acceptors (Lipinski definition) is 4. The van der Waals surface area contributed by atoms with Crippen molar-refractivity contribution in [2.75, 3.05) is 37.7 Å². The lowest BCUT2D eigenvalue weighted by molar-refractivity contribution is 0.105. The minimum absolute atomic E-state index is 0.279. The van der Waals surface area contributed by atoms with Crippen LogP contribution in [0, 0.1) is 0 Å². The maximum Gasteiger partial charge on any atom is 0.409 e. The number of carbonyl (C=O) groups excluding carboxylic acids is 2. The maximum atomic E-state index is 11.6. The Labute approximate surface area is 123 Å². The van der Waals surface area contributed by atoms with Gasteiger partial charge in [0.05, 0.1) is 6.61 Å².